The number of hydrogen-bond donors (Lipinski definition) is 5. The van der Waals surface area contributed by atoms with E-state index in [1.807, 2.05) is 18.2 Å². The van der Waals surface area contributed by atoms with Crippen molar-refractivity contribution < 1.29 is 38.9 Å². The molecule has 12 heteroatoms. The van der Waals surface area contributed by atoms with Crippen molar-refractivity contribution in [3.63, 3.8) is 0 Å². The molecule has 0 saturated carbocycles. The molecule has 5 aromatic carbocycles. The predicted octanol–water partition coefficient (Wildman–Crippen LogP) is 6.99. The number of aromatic hydroxyl groups is 1. The average molecular weight is 704 g/mol. The van der Waals surface area contributed by atoms with Crippen LogP contribution in [0.4, 0.5) is 11.4 Å². The Morgan fingerprint density at radius 3 is 2.02 bits per heavy atom. The van der Waals surface area contributed by atoms with Gasteiger partial charge >= 0.3 is 5.97 Å². The predicted molar refractivity (Wildman–Crippen MR) is 195 cm³/mol. The van der Waals surface area contributed by atoms with Crippen molar-refractivity contribution in [1.82, 2.24) is 5.32 Å². The molecule has 5 rings (SSSR count). The number of aromatic carboxylic acids is 1. The summed E-state index contributed by atoms with van der Waals surface area (Å²) in [6.07, 6.45) is 1.53. The molecule has 1 atom stereocenters. The zero-order valence-corrected chi connectivity index (χ0v) is 28.3. The second-order valence-corrected chi connectivity index (χ2v) is 12.1. The second-order valence-electron chi connectivity index (χ2n) is 10.9. The highest BCUT2D eigenvalue weighted by Crippen LogP contribution is 2.37. The van der Waals surface area contributed by atoms with Gasteiger partial charge in [-0.3, -0.25) is 14.4 Å². The van der Waals surface area contributed by atoms with Crippen molar-refractivity contribution in [1.29, 1.82) is 0 Å². The van der Waals surface area contributed by atoms with Crippen LogP contribution in [-0.4, -0.2) is 48.1 Å². The van der Waals surface area contributed by atoms with E-state index in [1.165, 1.54) is 50.3 Å². The van der Waals surface area contributed by atoms with Crippen LogP contribution in [0.15, 0.2) is 132 Å². The molecule has 51 heavy (non-hydrogen) atoms. The summed E-state index contributed by atoms with van der Waals surface area (Å²) in [7, 11) is 3.02. The quantitative estimate of drug-likeness (QED) is 0.0494. The summed E-state index contributed by atoms with van der Waals surface area (Å²) >= 11 is 1.25. The number of benzene rings is 5. The van der Waals surface area contributed by atoms with Gasteiger partial charge in [0.05, 0.1) is 14.2 Å². The summed E-state index contributed by atoms with van der Waals surface area (Å²) < 4.78 is 10.7. The zero-order chi connectivity index (χ0) is 36.3. The molecule has 5 N–H and O–H groups in total. The highest BCUT2D eigenvalue weighted by Gasteiger charge is 2.23. The molecule has 0 bridgehead atoms. The molecule has 0 fully saturated rings. The highest BCUT2D eigenvalue weighted by atomic mass is 32.2. The fourth-order valence-electron chi connectivity index (χ4n) is 4.90. The highest BCUT2D eigenvalue weighted by molar-refractivity contribution is 8.00. The van der Waals surface area contributed by atoms with Crippen LogP contribution >= 0.6 is 11.8 Å². The maximum absolute atomic E-state index is 13.6. The Morgan fingerprint density at radius 1 is 0.725 bits per heavy atom. The summed E-state index contributed by atoms with van der Waals surface area (Å²) in [4.78, 5) is 52.4. The molecule has 11 nitrogen and oxygen atoms in total. The van der Waals surface area contributed by atoms with Gasteiger partial charge in [-0.25, -0.2) is 4.79 Å². The maximum atomic E-state index is 13.6. The molecule has 0 saturated heterocycles. The van der Waals surface area contributed by atoms with E-state index in [1.54, 1.807) is 84.9 Å². The molecule has 0 aromatic heterocycles. The summed E-state index contributed by atoms with van der Waals surface area (Å²) in [5, 5.41) is 26.8. The first-order chi connectivity index (χ1) is 24.6. The Morgan fingerprint density at radius 2 is 1.37 bits per heavy atom. The SMILES string of the molecule is COc1ccc(/C=C(\NC(=O)c2ccccc2)C(=O)Nc2ccc(SC(C(=O)Nc3ccc(O)c(C(=O)O)c3)c3ccccc3)cc2)cc1OC. The fourth-order valence-corrected chi connectivity index (χ4v) is 5.92. The van der Waals surface area contributed by atoms with Gasteiger partial charge in [-0.05, 0) is 83.9 Å². The third-order valence-electron chi connectivity index (χ3n) is 7.45. The van der Waals surface area contributed by atoms with Gasteiger partial charge in [0.2, 0.25) is 5.91 Å². The smallest absolute Gasteiger partial charge is 0.339 e. The second kappa shape index (κ2) is 16.7. The Bertz CT molecular complexity index is 2070. The molecule has 0 aliphatic carbocycles. The van der Waals surface area contributed by atoms with Crippen LogP contribution in [0.2, 0.25) is 0 Å². The molecule has 0 aliphatic rings. The largest absolute Gasteiger partial charge is 0.507 e. The van der Waals surface area contributed by atoms with Crippen LogP contribution < -0.4 is 25.4 Å². The minimum atomic E-state index is -1.33. The lowest BCUT2D eigenvalue weighted by atomic mass is 10.1. The standard InChI is InChI=1S/C39H33N3O8S/c1-49-33-20-13-24(22-34(33)50-2)21-31(42-36(44)26-11-7-4-8-12-26)37(45)40-27-14-17-29(18-15-27)51-35(25-9-5-3-6-10-25)38(46)41-28-16-19-32(43)30(23-28)39(47)48/h3-23,35,43H,1-2H3,(H,40,45)(H,41,46)(H,42,44)(H,47,48)/b31-21-. The first kappa shape index (κ1) is 35.8. The molecule has 258 valence electrons. The maximum Gasteiger partial charge on any atom is 0.339 e. The number of phenols is 1. The lowest BCUT2D eigenvalue weighted by Crippen LogP contribution is -2.30. The Labute approximate surface area is 297 Å². The van der Waals surface area contributed by atoms with Crippen molar-refractivity contribution in [2.75, 3.05) is 24.9 Å². The number of carbonyl (C=O) groups is 4. The van der Waals surface area contributed by atoms with E-state index in [0.717, 1.165) is 0 Å². The van der Waals surface area contributed by atoms with Gasteiger partial charge in [-0.1, -0.05) is 54.6 Å². The van der Waals surface area contributed by atoms with E-state index in [2.05, 4.69) is 16.0 Å². The van der Waals surface area contributed by atoms with Crippen molar-refractivity contribution in [2.45, 2.75) is 10.1 Å². The first-order valence-electron chi connectivity index (χ1n) is 15.5. The van der Waals surface area contributed by atoms with Crippen molar-refractivity contribution in [2.24, 2.45) is 0 Å². The molecule has 0 heterocycles. The number of anilines is 2. The van der Waals surface area contributed by atoms with Gasteiger partial charge in [0.1, 0.15) is 22.3 Å². The number of ether oxygens (including phenoxy) is 2. The number of rotatable bonds is 13. The van der Waals surface area contributed by atoms with Crippen molar-refractivity contribution >= 4 is 52.9 Å². The molecule has 1 unspecified atom stereocenters. The minimum Gasteiger partial charge on any atom is -0.507 e. The monoisotopic (exact) mass is 703 g/mol. The minimum absolute atomic E-state index is 0.0179. The number of carboxylic acids is 1. The molecule has 3 amide bonds. The number of nitrogens with one attached hydrogen (secondary N) is 3. The van der Waals surface area contributed by atoms with Crippen molar-refractivity contribution in [3.8, 4) is 17.2 Å². The van der Waals surface area contributed by atoms with Crippen LogP contribution in [0.5, 0.6) is 17.2 Å². The van der Waals surface area contributed by atoms with Crippen LogP contribution in [-0.2, 0) is 9.59 Å². The molecular formula is C39H33N3O8S. The lowest BCUT2D eigenvalue weighted by Gasteiger charge is -2.18. The Balaban J connectivity index is 1.35. The van der Waals surface area contributed by atoms with Crippen LogP contribution in [0.25, 0.3) is 6.08 Å². The summed E-state index contributed by atoms with van der Waals surface area (Å²) in [6.45, 7) is 0. The van der Waals surface area contributed by atoms with E-state index in [4.69, 9.17) is 9.47 Å². The van der Waals surface area contributed by atoms with Crippen LogP contribution in [0.3, 0.4) is 0 Å². The fraction of sp³-hybridized carbons (Fsp3) is 0.0769. The summed E-state index contributed by atoms with van der Waals surface area (Å²) in [5.74, 6) is -2.25. The number of thioether (sulfide) groups is 1. The Hall–Kier alpha value is -6.53. The number of carbonyl (C=O) groups excluding carboxylic acids is 3. The topological polar surface area (TPSA) is 163 Å². The van der Waals surface area contributed by atoms with E-state index in [0.29, 0.717) is 38.8 Å². The number of hydrogen-bond acceptors (Lipinski definition) is 8. The third-order valence-corrected chi connectivity index (χ3v) is 8.71. The average Bonchev–Trinajstić information content (AvgIpc) is 3.15. The Kier molecular flexibility index (Phi) is 11.7. The van der Waals surface area contributed by atoms with Crippen LogP contribution in [0, 0.1) is 0 Å². The van der Waals surface area contributed by atoms with E-state index in [-0.39, 0.29) is 16.9 Å². The number of amides is 3. The van der Waals surface area contributed by atoms with E-state index in [9.17, 15) is 29.4 Å². The molecule has 0 radical (unpaired) electrons. The molecule has 0 aliphatic heterocycles. The number of methoxy groups -OCH3 is 2. The molecule has 0 spiro atoms. The van der Waals surface area contributed by atoms with Gasteiger partial charge in [0, 0.05) is 21.8 Å². The van der Waals surface area contributed by atoms with Gasteiger partial charge in [0.15, 0.2) is 11.5 Å². The molecule has 5 aromatic rings. The first-order valence-corrected chi connectivity index (χ1v) is 16.3. The lowest BCUT2D eigenvalue weighted by molar-refractivity contribution is -0.116. The molecular weight excluding hydrogens is 671 g/mol. The van der Waals surface area contributed by atoms with E-state index >= 15 is 0 Å². The third kappa shape index (κ3) is 9.34. The van der Waals surface area contributed by atoms with Crippen LogP contribution in [0.1, 0.15) is 37.1 Å². The van der Waals surface area contributed by atoms with Gasteiger partial charge in [-0.2, -0.15) is 0 Å². The zero-order valence-electron chi connectivity index (χ0n) is 27.5. The van der Waals surface area contributed by atoms with Crippen molar-refractivity contribution in [3.05, 3.63) is 149 Å². The van der Waals surface area contributed by atoms with Gasteiger partial charge < -0.3 is 35.6 Å². The summed E-state index contributed by atoms with van der Waals surface area (Å²) in [6, 6.07) is 33.3. The van der Waals surface area contributed by atoms with Gasteiger partial charge in [0.25, 0.3) is 11.8 Å². The summed E-state index contributed by atoms with van der Waals surface area (Å²) in [5.41, 5.74) is 1.94. The number of carboxylic acid groups (broad SMARTS) is 1. The normalized spacial score (nSPS) is 11.5. The van der Waals surface area contributed by atoms with E-state index < -0.39 is 34.7 Å². The van der Waals surface area contributed by atoms with Gasteiger partial charge in [-0.15, -0.1) is 11.8 Å².